The van der Waals surface area contributed by atoms with E-state index < -0.39 is 0 Å². The van der Waals surface area contributed by atoms with Crippen molar-refractivity contribution in [2.75, 3.05) is 26.2 Å². The minimum atomic E-state index is 0.761. The summed E-state index contributed by atoms with van der Waals surface area (Å²) in [7, 11) is 0. The second-order valence-corrected chi connectivity index (χ2v) is 8.40. The molecule has 130 valence electrons. The second kappa shape index (κ2) is 7.81. The van der Waals surface area contributed by atoms with E-state index in [2.05, 4.69) is 37.0 Å². The molecule has 2 fully saturated rings. The van der Waals surface area contributed by atoms with Crippen molar-refractivity contribution in [3.8, 4) is 0 Å². The van der Waals surface area contributed by atoms with Crippen LogP contribution in [-0.2, 0) is 19.6 Å². The first kappa shape index (κ1) is 16.3. The Kier molecular flexibility index (Phi) is 5.30. The van der Waals surface area contributed by atoms with Crippen molar-refractivity contribution < 1.29 is 0 Å². The number of piperidine rings is 1. The first-order chi connectivity index (χ1) is 11.8. The van der Waals surface area contributed by atoms with Crippen LogP contribution in [0.1, 0.15) is 36.1 Å². The molecule has 0 bridgehead atoms. The highest BCUT2D eigenvalue weighted by atomic mass is 32.1. The number of hydrogen-bond donors (Lipinski definition) is 0. The van der Waals surface area contributed by atoms with Gasteiger partial charge in [0.2, 0.25) is 0 Å². The van der Waals surface area contributed by atoms with Gasteiger partial charge in [-0.2, -0.15) is 0 Å². The zero-order chi connectivity index (χ0) is 16.2. The van der Waals surface area contributed by atoms with Crippen LogP contribution < -0.4 is 0 Å². The summed E-state index contributed by atoms with van der Waals surface area (Å²) in [5.74, 6) is 0.761. The molecule has 4 nitrogen and oxygen atoms in total. The molecule has 2 saturated heterocycles. The van der Waals surface area contributed by atoms with Crippen molar-refractivity contribution in [1.82, 2.24) is 19.4 Å². The summed E-state index contributed by atoms with van der Waals surface area (Å²) in [6.45, 7) is 8.43. The van der Waals surface area contributed by atoms with Crippen LogP contribution in [0.3, 0.4) is 0 Å². The molecule has 0 unspecified atom stereocenters. The molecular weight excluding hydrogens is 316 g/mol. The van der Waals surface area contributed by atoms with Crippen molar-refractivity contribution >= 4 is 11.3 Å². The van der Waals surface area contributed by atoms with Gasteiger partial charge >= 0.3 is 0 Å². The maximum absolute atomic E-state index is 4.17. The summed E-state index contributed by atoms with van der Waals surface area (Å²) >= 11 is 1.95. The normalized spacial score (nSPS) is 23.1. The highest BCUT2D eigenvalue weighted by Gasteiger charge is 2.21. The van der Waals surface area contributed by atoms with E-state index >= 15 is 0 Å². The Morgan fingerprint density at radius 3 is 2.79 bits per heavy atom. The number of imidazole rings is 1. The lowest BCUT2D eigenvalue weighted by Gasteiger charge is -2.32. The molecule has 2 aromatic rings. The third kappa shape index (κ3) is 4.26. The van der Waals surface area contributed by atoms with Gasteiger partial charge in [-0.05, 0) is 68.2 Å². The Balaban J connectivity index is 1.29. The lowest BCUT2D eigenvalue weighted by atomic mass is 9.98. The van der Waals surface area contributed by atoms with E-state index in [0.717, 1.165) is 25.6 Å². The summed E-state index contributed by atoms with van der Waals surface area (Å²) in [6.07, 6.45) is 11.3. The molecule has 2 aliphatic rings. The Labute approximate surface area is 149 Å². The average molecular weight is 345 g/mol. The van der Waals surface area contributed by atoms with Crippen molar-refractivity contribution in [3.63, 3.8) is 0 Å². The molecule has 4 heterocycles. The van der Waals surface area contributed by atoms with Crippen LogP contribution in [-0.4, -0.2) is 45.5 Å². The van der Waals surface area contributed by atoms with Crippen LogP contribution >= 0.6 is 11.3 Å². The van der Waals surface area contributed by atoms with Gasteiger partial charge in [0, 0.05) is 43.4 Å². The van der Waals surface area contributed by atoms with Crippen LogP contribution in [0.15, 0.2) is 30.2 Å². The lowest BCUT2D eigenvalue weighted by Crippen LogP contribution is -2.36. The first-order valence-electron chi connectivity index (χ1n) is 9.32. The standard InChI is InChI=1S/C19H28N4S/c1-2-7-21(6-1)13-18-10-19(24-15-18)14-22-8-3-4-17(11-22)12-23-9-5-20-16-23/h5,9-10,15-17H,1-4,6-8,11-14H2/t17-/m1/s1. The van der Waals surface area contributed by atoms with E-state index in [-0.39, 0.29) is 0 Å². The van der Waals surface area contributed by atoms with Gasteiger partial charge in [0.05, 0.1) is 6.33 Å². The van der Waals surface area contributed by atoms with Crippen molar-refractivity contribution in [2.45, 2.75) is 45.3 Å². The number of thiophene rings is 1. The predicted octanol–water partition coefficient (Wildman–Crippen LogP) is 3.45. The summed E-state index contributed by atoms with van der Waals surface area (Å²) in [5.41, 5.74) is 1.52. The molecule has 0 spiro atoms. The van der Waals surface area contributed by atoms with Gasteiger partial charge in [-0.25, -0.2) is 4.98 Å². The van der Waals surface area contributed by atoms with E-state index in [1.54, 1.807) is 0 Å². The Morgan fingerprint density at radius 1 is 1.08 bits per heavy atom. The molecule has 0 saturated carbocycles. The molecule has 0 aromatic carbocycles. The molecule has 0 N–H and O–H groups in total. The second-order valence-electron chi connectivity index (χ2n) is 7.41. The summed E-state index contributed by atoms with van der Waals surface area (Å²) < 4.78 is 2.23. The smallest absolute Gasteiger partial charge is 0.0946 e. The number of aromatic nitrogens is 2. The zero-order valence-corrected chi connectivity index (χ0v) is 15.3. The molecule has 0 amide bonds. The van der Waals surface area contributed by atoms with E-state index in [9.17, 15) is 0 Å². The Bertz CT molecular complexity index is 615. The maximum atomic E-state index is 4.17. The van der Waals surface area contributed by atoms with Crippen LogP contribution in [0.4, 0.5) is 0 Å². The SMILES string of the molecule is c1cn(C[C@@H]2CCCN(Cc3cc(CN4CCCC4)cs3)C2)cn1. The molecule has 5 heteroatoms. The fourth-order valence-corrected chi connectivity index (χ4v) is 5.07. The average Bonchev–Trinajstić information content (AvgIpc) is 3.32. The van der Waals surface area contributed by atoms with E-state index in [0.29, 0.717) is 0 Å². The van der Waals surface area contributed by atoms with Gasteiger partial charge in [-0.1, -0.05) is 0 Å². The van der Waals surface area contributed by atoms with Gasteiger partial charge in [-0.3, -0.25) is 9.80 Å². The van der Waals surface area contributed by atoms with Crippen LogP contribution in [0.25, 0.3) is 0 Å². The quantitative estimate of drug-likeness (QED) is 0.802. The van der Waals surface area contributed by atoms with Crippen molar-refractivity contribution in [2.24, 2.45) is 5.92 Å². The molecule has 24 heavy (non-hydrogen) atoms. The third-order valence-electron chi connectivity index (χ3n) is 5.32. The molecule has 0 aliphatic carbocycles. The lowest BCUT2D eigenvalue weighted by molar-refractivity contribution is 0.157. The highest BCUT2D eigenvalue weighted by molar-refractivity contribution is 7.10. The van der Waals surface area contributed by atoms with Gasteiger partial charge < -0.3 is 4.57 Å². The zero-order valence-electron chi connectivity index (χ0n) is 14.4. The van der Waals surface area contributed by atoms with Crippen LogP contribution in [0.2, 0.25) is 0 Å². The topological polar surface area (TPSA) is 24.3 Å². The Morgan fingerprint density at radius 2 is 1.96 bits per heavy atom. The third-order valence-corrected chi connectivity index (χ3v) is 6.29. The largest absolute Gasteiger partial charge is 0.337 e. The number of likely N-dealkylation sites (tertiary alicyclic amines) is 2. The summed E-state index contributed by atoms with van der Waals surface area (Å²) in [5, 5.41) is 2.38. The van der Waals surface area contributed by atoms with Crippen LogP contribution in [0.5, 0.6) is 0 Å². The maximum Gasteiger partial charge on any atom is 0.0946 e. The Hall–Kier alpha value is -1.17. The van der Waals surface area contributed by atoms with Crippen molar-refractivity contribution in [3.05, 3.63) is 40.6 Å². The minimum absolute atomic E-state index is 0.761. The fraction of sp³-hybridized carbons (Fsp3) is 0.632. The van der Waals surface area contributed by atoms with E-state index in [1.165, 1.54) is 62.3 Å². The number of hydrogen-bond acceptors (Lipinski definition) is 4. The number of rotatable bonds is 6. The van der Waals surface area contributed by atoms with Gasteiger partial charge in [-0.15, -0.1) is 11.3 Å². The van der Waals surface area contributed by atoms with E-state index in [4.69, 9.17) is 0 Å². The molecule has 4 rings (SSSR count). The minimum Gasteiger partial charge on any atom is -0.337 e. The first-order valence-corrected chi connectivity index (χ1v) is 10.2. The summed E-state index contributed by atoms with van der Waals surface area (Å²) in [6, 6.07) is 2.45. The molecule has 0 radical (unpaired) electrons. The van der Waals surface area contributed by atoms with E-state index in [1.807, 2.05) is 23.9 Å². The molecule has 2 aliphatic heterocycles. The molecular formula is C19H28N4S. The van der Waals surface area contributed by atoms with Gasteiger partial charge in [0.15, 0.2) is 0 Å². The van der Waals surface area contributed by atoms with Crippen molar-refractivity contribution in [1.29, 1.82) is 0 Å². The van der Waals surface area contributed by atoms with Crippen LogP contribution in [0, 0.1) is 5.92 Å². The molecule has 2 aromatic heterocycles. The van der Waals surface area contributed by atoms with Gasteiger partial charge in [0.1, 0.15) is 0 Å². The molecule has 1 atom stereocenters. The fourth-order valence-electron chi connectivity index (χ4n) is 4.15. The summed E-state index contributed by atoms with van der Waals surface area (Å²) in [4.78, 5) is 10.9. The monoisotopic (exact) mass is 344 g/mol. The highest BCUT2D eigenvalue weighted by Crippen LogP contribution is 2.24. The predicted molar refractivity (Wildman–Crippen MR) is 99.1 cm³/mol. The van der Waals surface area contributed by atoms with Gasteiger partial charge in [0.25, 0.3) is 0 Å². The number of nitrogens with zero attached hydrogens (tertiary/aromatic N) is 4.